The van der Waals surface area contributed by atoms with E-state index in [0.29, 0.717) is 31.7 Å². The van der Waals surface area contributed by atoms with E-state index in [-0.39, 0.29) is 34.9 Å². The van der Waals surface area contributed by atoms with Crippen LogP contribution in [0.3, 0.4) is 0 Å². The van der Waals surface area contributed by atoms with Crippen molar-refractivity contribution in [3.63, 3.8) is 0 Å². The van der Waals surface area contributed by atoms with E-state index in [4.69, 9.17) is 9.47 Å². The average molecular weight is 604 g/mol. The molecule has 0 unspecified atom stereocenters. The van der Waals surface area contributed by atoms with Crippen LogP contribution >= 0.6 is 0 Å². The molecule has 228 valence electrons. The molecule has 0 aromatic heterocycles. The third-order valence-corrected chi connectivity index (χ3v) is 10.7. The fourth-order valence-electron chi connectivity index (χ4n) is 6.41. The fourth-order valence-corrected chi connectivity index (χ4v) is 7.92. The van der Waals surface area contributed by atoms with Crippen molar-refractivity contribution in [3.05, 3.63) is 95.6 Å². The van der Waals surface area contributed by atoms with Gasteiger partial charge in [0.25, 0.3) is 0 Å². The van der Waals surface area contributed by atoms with E-state index >= 15 is 0 Å². The van der Waals surface area contributed by atoms with Crippen LogP contribution in [0.25, 0.3) is 11.1 Å². The van der Waals surface area contributed by atoms with Gasteiger partial charge >= 0.3 is 5.97 Å². The number of carboxylic acids is 1. The molecule has 2 aliphatic heterocycles. The van der Waals surface area contributed by atoms with E-state index in [0.717, 1.165) is 33.4 Å². The molecule has 43 heavy (non-hydrogen) atoms. The molecular weight excluding hydrogens is 562 g/mol. The summed E-state index contributed by atoms with van der Waals surface area (Å²) in [5.74, 6) is -0.342. The summed E-state index contributed by atoms with van der Waals surface area (Å²) in [5, 5.41) is 9.33. The maximum atomic E-state index is 13.7. The number of ether oxygens (including phenoxy) is 2. The number of rotatable bonds is 9. The maximum Gasteiger partial charge on any atom is 0.341 e. The first-order valence-corrected chi connectivity index (χ1v) is 16.3. The van der Waals surface area contributed by atoms with Gasteiger partial charge in [-0.1, -0.05) is 74.5 Å². The van der Waals surface area contributed by atoms with E-state index in [1.165, 1.54) is 0 Å². The van der Waals surface area contributed by atoms with Gasteiger partial charge in [-0.25, -0.2) is 13.2 Å². The van der Waals surface area contributed by atoms with Crippen LogP contribution in [0.1, 0.15) is 62.3 Å². The second-order valence-corrected chi connectivity index (χ2v) is 14.1. The summed E-state index contributed by atoms with van der Waals surface area (Å²) in [7, 11) is -3.68. The largest absolute Gasteiger partial charge is 0.482 e. The Balaban J connectivity index is 1.38. The Morgan fingerprint density at radius 3 is 2.40 bits per heavy atom. The molecule has 2 heterocycles. The molecule has 5 rings (SSSR count). The Morgan fingerprint density at radius 1 is 1.09 bits per heavy atom. The summed E-state index contributed by atoms with van der Waals surface area (Å²) < 4.78 is 41.7. The molecule has 2 saturated heterocycles. The molecule has 0 bridgehead atoms. The molecule has 7 nitrogen and oxygen atoms in total. The lowest BCUT2D eigenvalue weighted by Crippen LogP contribution is -2.50. The highest BCUT2D eigenvalue weighted by Crippen LogP contribution is 2.49. The maximum absolute atomic E-state index is 13.7. The molecule has 4 atom stereocenters. The monoisotopic (exact) mass is 603 g/mol. The van der Waals surface area contributed by atoms with Gasteiger partial charge in [-0.15, -0.1) is 0 Å². The van der Waals surface area contributed by atoms with E-state index in [2.05, 4.69) is 26.5 Å². The Bertz CT molecular complexity index is 1580. The first-order chi connectivity index (χ1) is 20.5. The molecule has 2 aliphatic rings. The van der Waals surface area contributed by atoms with Crippen LogP contribution in [0, 0.1) is 18.8 Å². The summed E-state index contributed by atoms with van der Waals surface area (Å²) in [6.45, 7) is 12.7. The lowest BCUT2D eigenvalue weighted by atomic mass is 9.75. The molecule has 0 saturated carbocycles. The molecule has 2 fully saturated rings. The Morgan fingerprint density at radius 2 is 1.77 bits per heavy atom. The number of sulfonamides is 1. The normalized spacial score (nSPS) is 22.6. The average Bonchev–Trinajstić information content (AvgIpc) is 2.99. The first-order valence-electron chi connectivity index (χ1n) is 14.9. The van der Waals surface area contributed by atoms with Crippen molar-refractivity contribution < 1.29 is 27.8 Å². The second kappa shape index (κ2) is 12.6. The Kier molecular flexibility index (Phi) is 9.11. The number of carbonyl (C=O) groups is 1. The number of benzene rings is 3. The van der Waals surface area contributed by atoms with Crippen LogP contribution in [-0.2, 0) is 19.6 Å². The third-order valence-electron chi connectivity index (χ3n) is 8.78. The number of piperidine rings is 1. The number of hydrogen-bond donors (Lipinski definition) is 1. The van der Waals surface area contributed by atoms with Crippen molar-refractivity contribution in [1.29, 1.82) is 0 Å². The smallest absolute Gasteiger partial charge is 0.341 e. The van der Waals surface area contributed by atoms with Gasteiger partial charge in [-0.05, 0) is 79.0 Å². The highest BCUT2D eigenvalue weighted by Gasteiger charge is 2.45. The minimum Gasteiger partial charge on any atom is -0.482 e. The van der Waals surface area contributed by atoms with Gasteiger partial charge < -0.3 is 14.6 Å². The standard InChI is InChI=1S/C35H41NO6S/c1-22(2)27-17-24(5)34(32(19-27)41-21-33(37)38)35-30(23(3)4)18-28-20-36(16-15-31(28)42-35)43(39,40)29-13-11-26(12-14-29)25-9-7-6-8-10-25/h6-14,17,19,22,28,30-31,35H,3,15-16,18,20-21H2,1-2,4-5H3,(H,37,38)/t28-,30-,31+,35+/m1/s1. The Labute approximate surface area is 255 Å². The molecule has 8 heteroatoms. The summed E-state index contributed by atoms with van der Waals surface area (Å²) in [5.41, 5.74) is 5.86. The van der Waals surface area contributed by atoms with Crippen molar-refractivity contribution in [3.8, 4) is 16.9 Å². The molecule has 0 spiro atoms. The quantitative estimate of drug-likeness (QED) is 0.265. The topological polar surface area (TPSA) is 93.1 Å². The van der Waals surface area contributed by atoms with Crippen molar-refractivity contribution in [2.45, 2.75) is 63.6 Å². The fraction of sp³-hybridized carbons (Fsp3) is 0.400. The van der Waals surface area contributed by atoms with Gasteiger partial charge in [0.15, 0.2) is 6.61 Å². The lowest BCUT2D eigenvalue weighted by molar-refractivity contribution is -0.139. The van der Waals surface area contributed by atoms with Crippen molar-refractivity contribution in [1.82, 2.24) is 4.31 Å². The molecule has 3 aromatic carbocycles. The summed E-state index contributed by atoms with van der Waals surface area (Å²) in [4.78, 5) is 11.7. The van der Waals surface area contributed by atoms with Gasteiger partial charge in [0, 0.05) is 24.6 Å². The predicted molar refractivity (Wildman–Crippen MR) is 168 cm³/mol. The highest BCUT2D eigenvalue weighted by molar-refractivity contribution is 7.89. The van der Waals surface area contributed by atoms with E-state index < -0.39 is 22.6 Å². The lowest BCUT2D eigenvalue weighted by Gasteiger charge is -2.47. The number of hydrogen-bond acceptors (Lipinski definition) is 5. The summed E-state index contributed by atoms with van der Waals surface area (Å²) in [6, 6.07) is 21.0. The van der Waals surface area contributed by atoms with Crippen LogP contribution in [0.2, 0.25) is 0 Å². The molecule has 3 aromatic rings. The van der Waals surface area contributed by atoms with E-state index in [1.807, 2.05) is 62.4 Å². The third kappa shape index (κ3) is 6.56. The SMILES string of the molecule is C=C(C)[C@H]1C[C@@H]2CN(S(=O)(=O)c3ccc(-c4ccccc4)cc3)CC[C@@H]2O[C@@H]1c1c(C)cc(C(C)C)cc1OCC(=O)O. The molecule has 0 amide bonds. The molecule has 1 N–H and O–H groups in total. The van der Waals surface area contributed by atoms with Crippen LogP contribution < -0.4 is 4.74 Å². The molecule has 0 aliphatic carbocycles. The van der Waals surface area contributed by atoms with Crippen LogP contribution in [0.4, 0.5) is 0 Å². The zero-order valence-electron chi connectivity index (χ0n) is 25.3. The van der Waals surface area contributed by atoms with Crippen molar-refractivity contribution in [2.75, 3.05) is 19.7 Å². The molecular formula is C35H41NO6S. The number of fused-ring (bicyclic) bond motifs is 1. The Hall–Kier alpha value is -3.46. The van der Waals surface area contributed by atoms with Gasteiger partial charge in [0.1, 0.15) is 5.75 Å². The molecule has 0 radical (unpaired) electrons. The van der Waals surface area contributed by atoms with Gasteiger partial charge in [0.2, 0.25) is 10.0 Å². The van der Waals surface area contributed by atoms with Crippen LogP contribution in [-0.4, -0.2) is 49.6 Å². The van der Waals surface area contributed by atoms with Gasteiger partial charge in [-0.2, -0.15) is 4.31 Å². The van der Waals surface area contributed by atoms with Crippen LogP contribution in [0.5, 0.6) is 5.75 Å². The number of nitrogens with zero attached hydrogens (tertiary/aromatic N) is 1. The first kappa shape index (κ1) is 31.0. The highest BCUT2D eigenvalue weighted by atomic mass is 32.2. The predicted octanol–water partition coefficient (Wildman–Crippen LogP) is 6.98. The van der Waals surface area contributed by atoms with Gasteiger partial charge in [0.05, 0.1) is 17.1 Å². The minimum absolute atomic E-state index is 0.00342. The van der Waals surface area contributed by atoms with Gasteiger partial charge in [-0.3, -0.25) is 0 Å². The van der Waals surface area contributed by atoms with Crippen LogP contribution in [0.15, 0.2) is 83.8 Å². The summed E-state index contributed by atoms with van der Waals surface area (Å²) in [6.07, 6.45) is 0.786. The van der Waals surface area contributed by atoms with E-state index in [9.17, 15) is 18.3 Å². The zero-order chi connectivity index (χ0) is 30.9. The minimum atomic E-state index is -3.68. The summed E-state index contributed by atoms with van der Waals surface area (Å²) >= 11 is 0. The zero-order valence-corrected chi connectivity index (χ0v) is 26.1. The number of aliphatic carboxylic acids is 1. The number of aryl methyl sites for hydroxylation is 1. The van der Waals surface area contributed by atoms with Crippen molar-refractivity contribution in [2.24, 2.45) is 11.8 Å². The second-order valence-electron chi connectivity index (χ2n) is 12.2. The van der Waals surface area contributed by atoms with Crippen molar-refractivity contribution >= 4 is 16.0 Å². The van der Waals surface area contributed by atoms with E-state index in [1.54, 1.807) is 16.4 Å². The number of carboxylic acid groups (broad SMARTS) is 1.